The normalized spacial score (nSPS) is 20.4. The molecule has 0 spiro atoms. The highest BCUT2D eigenvalue weighted by molar-refractivity contribution is 7.09. The predicted octanol–water partition coefficient (Wildman–Crippen LogP) is 1.72. The largest absolute Gasteiger partial charge is 0.341 e. The van der Waals surface area contributed by atoms with Crippen LogP contribution in [-0.4, -0.2) is 54.4 Å². The van der Waals surface area contributed by atoms with Crippen molar-refractivity contribution in [3.8, 4) is 0 Å². The maximum atomic E-state index is 12.1. The second kappa shape index (κ2) is 5.80. The molecular formula is C13H21N3OS. The Bertz CT molecular complexity index is 416. The fourth-order valence-electron chi connectivity index (χ4n) is 2.34. The van der Waals surface area contributed by atoms with E-state index >= 15 is 0 Å². The predicted molar refractivity (Wildman–Crippen MR) is 74.0 cm³/mol. The van der Waals surface area contributed by atoms with Gasteiger partial charge in [0.15, 0.2) is 0 Å². The Labute approximate surface area is 113 Å². The van der Waals surface area contributed by atoms with Gasteiger partial charge in [-0.2, -0.15) is 0 Å². The van der Waals surface area contributed by atoms with Gasteiger partial charge in [-0.25, -0.2) is 4.98 Å². The smallest absolute Gasteiger partial charge is 0.236 e. The molecule has 2 rings (SSSR count). The molecule has 1 atom stereocenters. The van der Waals surface area contributed by atoms with Crippen LogP contribution in [-0.2, 0) is 4.79 Å². The number of hydrogen-bond donors (Lipinski definition) is 0. The van der Waals surface area contributed by atoms with Crippen molar-refractivity contribution in [3.63, 3.8) is 0 Å². The highest BCUT2D eigenvalue weighted by Gasteiger charge is 2.26. The fourth-order valence-corrected chi connectivity index (χ4v) is 3.26. The fraction of sp³-hybridized carbons (Fsp3) is 0.692. The molecule has 0 saturated carbocycles. The Morgan fingerprint density at radius 3 is 3.00 bits per heavy atom. The van der Waals surface area contributed by atoms with Crippen molar-refractivity contribution < 1.29 is 4.79 Å². The lowest BCUT2D eigenvalue weighted by molar-refractivity contribution is -0.133. The van der Waals surface area contributed by atoms with Crippen LogP contribution < -0.4 is 0 Å². The summed E-state index contributed by atoms with van der Waals surface area (Å²) in [5.41, 5.74) is 1.09. The van der Waals surface area contributed by atoms with E-state index in [0.29, 0.717) is 12.5 Å². The van der Waals surface area contributed by atoms with Crippen LogP contribution in [0, 0.1) is 6.92 Å². The number of carbonyl (C=O) groups excluding carboxylic acids is 1. The Morgan fingerprint density at radius 2 is 2.39 bits per heavy atom. The van der Waals surface area contributed by atoms with Crippen LogP contribution in [0.4, 0.5) is 0 Å². The minimum atomic E-state index is 0.234. The number of likely N-dealkylation sites (N-methyl/N-ethyl adjacent to an activating group) is 1. The van der Waals surface area contributed by atoms with Crippen molar-refractivity contribution >= 4 is 17.2 Å². The third kappa shape index (κ3) is 3.29. The molecule has 1 unspecified atom stereocenters. The van der Waals surface area contributed by atoms with E-state index in [1.807, 2.05) is 30.8 Å². The van der Waals surface area contributed by atoms with Crippen molar-refractivity contribution in [2.75, 3.05) is 33.7 Å². The highest BCUT2D eigenvalue weighted by Crippen LogP contribution is 2.29. The summed E-state index contributed by atoms with van der Waals surface area (Å²) in [6.45, 7) is 4.26. The number of aryl methyl sites for hydroxylation is 1. The van der Waals surface area contributed by atoms with Crippen LogP contribution in [0.3, 0.4) is 0 Å². The Hall–Kier alpha value is -0.940. The van der Waals surface area contributed by atoms with E-state index in [1.54, 1.807) is 11.3 Å². The molecule has 5 heteroatoms. The summed E-state index contributed by atoms with van der Waals surface area (Å²) >= 11 is 1.72. The van der Waals surface area contributed by atoms with Crippen LogP contribution >= 0.6 is 11.3 Å². The van der Waals surface area contributed by atoms with E-state index in [1.165, 1.54) is 5.01 Å². The number of rotatable bonds is 3. The zero-order valence-electron chi connectivity index (χ0n) is 11.3. The van der Waals surface area contributed by atoms with Gasteiger partial charge in [0.2, 0.25) is 5.91 Å². The number of likely N-dealkylation sites (tertiary alicyclic amines) is 1. The molecule has 1 amide bonds. The number of hydrogen-bond acceptors (Lipinski definition) is 4. The summed E-state index contributed by atoms with van der Waals surface area (Å²) in [6.07, 6.45) is 2.24. The van der Waals surface area contributed by atoms with Crippen molar-refractivity contribution in [2.45, 2.75) is 25.7 Å². The molecule has 0 N–H and O–H groups in total. The second-order valence-corrected chi connectivity index (χ2v) is 6.13. The summed E-state index contributed by atoms with van der Waals surface area (Å²) in [5.74, 6) is 0.668. The maximum absolute atomic E-state index is 12.1. The van der Waals surface area contributed by atoms with Gasteiger partial charge >= 0.3 is 0 Å². The lowest BCUT2D eigenvalue weighted by Crippen LogP contribution is -2.43. The van der Waals surface area contributed by atoms with E-state index in [4.69, 9.17) is 0 Å². The summed E-state index contributed by atoms with van der Waals surface area (Å²) in [6, 6.07) is 0. The highest BCUT2D eigenvalue weighted by atomic mass is 32.1. The molecule has 0 bridgehead atoms. The first-order valence-electron chi connectivity index (χ1n) is 6.41. The number of aromatic nitrogens is 1. The number of carbonyl (C=O) groups is 1. The van der Waals surface area contributed by atoms with Gasteiger partial charge in [-0.3, -0.25) is 4.79 Å². The molecule has 0 aliphatic carbocycles. The first-order chi connectivity index (χ1) is 8.56. The maximum Gasteiger partial charge on any atom is 0.236 e. The standard InChI is InChI=1S/C13H21N3OS/c1-10-9-18-13(14-10)11-5-4-6-16(7-11)12(17)8-15(2)3/h9,11H,4-8H2,1-3H3. The topological polar surface area (TPSA) is 36.4 Å². The Balaban J connectivity index is 1.98. The van der Waals surface area contributed by atoms with Crippen molar-refractivity contribution in [3.05, 3.63) is 16.1 Å². The SMILES string of the molecule is Cc1csc(C2CCCN(C(=O)CN(C)C)C2)n1. The number of piperidine rings is 1. The average Bonchev–Trinajstić information content (AvgIpc) is 2.75. The summed E-state index contributed by atoms with van der Waals surface area (Å²) in [7, 11) is 3.87. The van der Waals surface area contributed by atoms with E-state index in [-0.39, 0.29) is 5.91 Å². The average molecular weight is 267 g/mol. The minimum Gasteiger partial charge on any atom is -0.341 e. The lowest BCUT2D eigenvalue weighted by atomic mass is 9.98. The van der Waals surface area contributed by atoms with Gasteiger partial charge < -0.3 is 9.80 Å². The van der Waals surface area contributed by atoms with Crippen LogP contribution in [0.1, 0.15) is 29.5 Å². The van der Waals surface area contributed by atoms with Crippen molar-refractivity contribution in [2.24, 2.45) is 0 Å². The molecule has 1 aliphatic rings. The van der Waals surface area contributed by atoms with Gasteiger partial charge in [-0.1, -0.05) is 0 Å². The van der Waals surface area contributed by atoms with Crippen LogP contribution in [0.2, 0.25) is 0 Å². The summed E-state index contributed by atoms with van der Waals surface area (Å²) in [4.78, 5) is 20.5. The van der Waals surface area contributed by atoms with E-state index in [2.05, 4.69) is 10.4 Å². The Kier molecular flexibility index (Phi) is 4.35. The third-order valence-electron chi connectivity index (χ3n) is 3.21. The first-order valence-corrected chi connectivity index (χ1v) is 7.28. The molecule has 1 fully saturated rings. The van der Waals surface area contributed by atoms with Gasteiger partial charge in [0.1, 0.15) is 0 Å². The molecule has 1 saturated heterocycles. The zero-order chi connectivity index (χ0) is 13.1. The van der Waals surface area contributed by atoms with Crippen LogP contribution in [0.5, 0.6) is 0 Å². The van der Waals surface area contributed by atoms with Crippen LogP contribution in [0.15, 0.2) is 5.38 Å². The third-order valence-corrected chi connectivity index (χ3v) is 4.34. The van der Waals surface area contributed by atoms with Gasteiger partial charge in [-0.05, 0) is 33.9 Å². The monoisotopic (exact) mass is 267 g/mol. The summed E-state index contributed by atoms with van der Waals surface area (Å²) in [5, 5.41) is 3.28. The lowest BCUT2D eigenvalue weighted by Gasteiger charge is -2.32. The van der Waals surface area contributed by atoms with Gasteiger partial charge in [0.05, 0.1) is 11.6 Å². The van der Waals surface area contributed by atoms with Gasteiger partial charge in [-0.15, -0.1) is 11.3 Å². The zero-order valence-corrected chi connectivity index (χ0v) is 12.2. The van der Waals surface area contributed by atoms with Crippen molar-refractivity contribution in [1.82, 2.24) is 14.8 Å². The summed E-state index contributed by atoms with van der Waals surface area (Å²) < 4.78 is 0. The second-order valence-electron chi connectivity index (χ2n) is 5.24. The van der Waals surface area contributed by atoms with Gasteiger partial charge in [0.25, 0.3) is 0 Å². The first kappa shape index (κ1) is 13.5. The minimum absolute atomic E-state index is 0.234. The molecule has 4 nitrogen and oxygen atoms in total. The van der Waals surface area contributed by atoms with Gasteiger partial charge in [0, 0.05) is 30.1 Å². The molecular weight excluding hydrogens is 246 g/mol. The molecule has 1 aromatic heterocycles. The molecule has 1 aromatic rings. The number of nitrogens with zero attached hydrogens (tertiary/aromatic N) is 3. The quantitative estimate of drug-likeness (QED) is 0.836. The van der Waals surface area contributed by atoms with E-state index < -0.39 is 0 Å². The number of thiazole rings is 1. The van der Waals surface area contributed by atoms with Crippen LogP contribution in [0.25, 0.3) is 0 Å². The van der Waals surface area contributed by atoms with E-state index in [0.717, 1.165) is 31.6 Å². The number of amides is 1. The molecule has 0 radical (unpaired) electrons. The van der Waals surface area contributed by atoms with Crippen molar-refractivity contribution in [1.29, 1.82) is 0 Å². The molecule has 2 heterocycles. The molecule has 18 heavy (non-hydrogen) atoms. The molecule has 0 aromatic carbocycles. The molecule has 100 valence electrons. The Morgan fingerprint density at radius 1 is 1.61 bits per heavy atom. The molecule has 1 aliphatic heterocycles. The van der Waals surface area contributed by atoms with E-state index in [9.17, 15) is 4.79 Å².